The monoisotopic (exact) mass is 329 g/mol. The SMILES string of the molecule is C=C1C(C)C[C@H]2[C@H](C=N)[C@@H]([C@@]3(C)CC[C@@H]4CC3C(C)O4)CC[C@]12C. The summed E-state index contributed by atoms with van der Waals surface area (Å²) in [4.78, 5) is 0. The van der Waals surface area contributed by atoms with Gasteiger partial charge in [-0.05, 0) is 86.2 Å². The average Bonchev–Trinajstić information content (AvgIpc) is 3.00. The van der Waals surface area contributed by atoms with Crippen LogP contribution in [0.25, 0.3) is 0 Å². The molecule has 1 heterocycles. The molecular formula is C22H35NO. The number of rotatable bonds is 2. The van der Waals surface area contributed by atoms with Crippen molar-refractivity contribution < 1.29 is 4.74 Å². The van der Waals surface area contributed by atoms with Crippen molar-refractivity contribution in [2.75, 3.05) is 0 Å². The highest BCUT2D eigenvalue weighted by atomic mass is 16.5. The van der Waals surface area contributed by atoms with E-state index in [1.807, 2.05) is 6.21 Å². The number of nitrogens with one attached hydrogen (secondary N) is 1. The van der Waals surface area contributed by atoms with Gasteiger partial charge in [0.25, 0.3) is 0 Å². The van der Waals surface area contributed by atoms with Gasteiger partial charge in [0.15, 0.2) is 0 Å². The summed E-state index contributed by atoms with van der Waals surface area (Å²) in [6.07, 6.45) is 10.3. The first-order chi connectivity index (χ1) is 11.3. The van der Waals surface area contributed by atoms with Crippen LogP contribution in [0.5, 0.6) is 0 Å². The van der Waals surface area contributed by atoms with Crippen LogP contribution in [-0.2, 0) is 4.74 Å². The summed E-state index contributed by atoms with van der Waals surface area (Å²) in [5.41, 5.74) is 2.08. The van der Waals surface area contributed by atoms with Crippen molar-refractivity contribution in [3.8, 4) is 0 Å². The van der Waals surface area contributed by atoms with Gasteiger partial charge in [0, 0.05) is 5.92 Å². The highest BCUT2D eigenvalue weighted by Gasteiger charge is 2.59. The summed E-state index contributed by atoms with van der Waals surface area (Å²) in [6, 6.07) is 0. The van der Waals surface area contributed by atoms with Crippen LogP contribution in [-0.4, -0.2) is 18.4 Å². The Bertz CT molecular complexity index is 556. The minimum Gasteiger partial charge on any atom is -0.375 e. The summed E-state index contributed by atoms with van der Waals surface area (Å²) in [5, 5.41) is 8.30. The number of ether oxygens (including phenoxy) is 1. The van der Waals surface area contributed by atoms with E-state index < -0.39 is 0 Å². The maximum atomic E-state index is 8.30. The van der Waals surface area contributed by atoms with Gasteiger partial charge in [-0.1, -0.05) is 32.9 Å². The predicted molar refractivity (Wildman–Crippen MR) is 99.3 cm³/mol. The highest BCUT2D eigenvalue weighted by Crippen LogP contribution is 2.65. The van der Waals surface area contributed by atoms with Crippen molar-refractivity contribution in [2.45, 2.75) is 78.4 Å². The van der Waals surface area contributed by atoms with Gasteiger partial charge in [-0.25, -0.2) is 0 Å². The molecule has 9 atom stereocenters. The average molecular weight is 330 g/mol. The van der Waals surface area contributed by atoms with E-state index in [0.29, 0.717) is 47.2 Å². The van der Waals surface area contributed by atoms with Gasteiger partial charge < -0.3 is 10.1 Å². The summed E-state index contributed by atoms with van der Waals surface area (Å²) >= 11 is 0. The first-order valence-corrected chi connectivity index (χ1v) is 10.2. The minimum atomic E-state index is 0.267. The third-order valence-corrected chi connectivity index (χ3v) is 9.04. The van der Waals surface area contributed by atoms with Crippen LogP contribution in [0.4, 0.5) is 0 Å². The number of allylic oxidation sites excluding steroid dienone is 1. The molecule has 1 N–H and O–H groups in total. The van der Waals surface area contributed by atoms with Gasteiger partial charge in [0.2, 0.25) is 0 Å². The third-order valence-electron chi connectivity index (χ3n) is 9.04. The molecule has 2 heteroatoms. The Kier molecular flexibility index (Phi) is 3.81. The van der Waals surface area contributed by atoms with E-state index in [1.165, 1.54) is 44.1 Å². The third kappa shape index (κ3) is 2.08. The number of hydrogen-bond acceptors (Lipinski definition) is 2. The molecule has 1 saturated heterocycles. The van der Waals surface area contributed by atoms with Gasteiger partial charge in [0.05, 0.1) is 12.2 Å². The largest absolute Gasteiger partial charge is 0.375 e. The molecule has 3 saturated carbocycles. The van der Waals surface area contributed by atoms with Crippen LogP contribution >= 0.6 is 0 Å². The fourth-order valence-corrected chi connectivity index (χ4v) is 7.48. The quantitative estimate of drug-likeness (QED) is 0.528. The molecule has 4 rings (SSSR count). The fourth-order valence-electron chi connectivity index (χ4n) is 7.48. The van der Waals surface area contributed by atoms with Crippen LogP contribution < -0.4 is 0 Å². The Labute approximate surface area is 147 Å². The van der Waals surface area contributed by atoms with E-state index in [-0.39, 0.29) is 5.41 Å². The van der Waals surface area contributed by atoms with Crippen molar-refractivity contribution in [2.24, 2.45) is 40.4 Å². The molecule has 134 valence electrons. The molecule has 0 radical (unpaired) electrons. The normalized spacial score (nSPS) is 57.0. The zero-order valence-electron chi connectivity index (χ0n) is 16.0. The van der Waals surface area contributed by atoms with Gasteiger partial charge in [0.1, 0.15) is 0 Å². The second-order valence-corrected chi connectivity index (χ2v) is 9.93. The van der Waals surface area contributed by atoms with Gasteiger partial charge in [-0.3, -0.25) is 0 Å². The van der Waals surface area contributed by atoms with E-state index in [4.69, 9.17) is 10.1 Å². The lowest BCUT2D eigenvalue weighted by atomic mass is 9.49. The molecule has 0 spiro atoms. The second kappa shape index (κ2) is 5.43. The Morgan fingerprint density at radius 1 is 1.08 bits per heavy atom. The topological polar surface area (TPSA) is 33.1 Å². The first-order valence-electron chi connectivity index (χ1n) is 10.2. The number of fused-ring (bicyclic) bond motifs is 3. The Balaban J connectivity index is 1.67. The molecule has 3 unspecified atom stereocenters. The Morgan fingerprint density at radius 3 is 2.54 bits per heavy atom. The molecule has 4 aliphatic rings. The molecule has 4 fully saturated rings. The molecule has 2 nitrogen and oxygen atoms in total. The smallest absolute Gasteiger partial charge is 0.0585 e. The molecule has 0 aromatic carbocycles. The van der Waals surface area contributed by atoms with Gasteiger partial charge in [-0.15, -0.1) is 0 Å². The molecule has 2 bridgehead atoms. The van der Waals surface area contributed by atoms with Crippen molar-refractivity contribution >= 4 is 6.21 Å². The lowest BCUT2D eigenvalue weighted by Crippen LogP contribution is -2.50. The highest BCUT2D eigenvalue weighted by molar-refractivity contribution is 5.59. The standard InChI is InChI=1S/C22H35NO/c1-13-10-20-17(12-23)18(7-9-21(20,4)14(13)2)22(5)8-6-16-11-19(22)15(3)24-16/h12-13,15-20,23H,2,6-11H2,1,3-5H3/t13?,15?,16-,17-,18+,19?,20+,21-,22-/m1/s1. The van der Waals surface area contributed by atoms with E-state index in [1.54, 1.807) is 0 Å². The van der Waals surface area contributed by atoms with Gasteiger partial charge >= 0.3 is 0 Å². The van der Waals surface area contributed by atoms with Crippen LogP contribution in [0, 0.1) is 45.8 Å². The first kappa shape index (κ1) is 16.8. The van der Waals surface area contributed by atoms with E-state index in [0.717, 1.165) is 0 Å². The Hall–Kier alpha value is -0.630. The van der Waals surface area contributed by atoms with Crippen molar-refractivity contribution in [3.05, 3.63) is 12.2 Å². The van der Waals surface area contributed by atoms with Crippen LogP contribution in [0.3, 0.4) is 0 Å². The number of hydrogen-bond donors (Lipinski definition) is 1. The predicted octanol–water partition coefficient (Wildman–Crippen LogP) is 5.47. The van der Waals surface area contributed by atoms with Gasteiger partial charge in [-0.2, -0.15) is 0 Å². The van der Waals surface area contributed by atoms with E-state index in [9.17, 15) is 0 Å². The zero-order valence-corrected chi connectivity index (χ0v) is 16.0. The molecule has 24 heavy (non-hydrogen) atoms. The van der Waals surface area contributed by atoms with Crippen LogP contribution in [0.2, 0.25) is 0 Å². The molecule has 0 aromatic heterocycles. The molecule has 1 aliphatic heterocycles. The van der Waals surface area contributed by atoms with Crippen molar-refractivity contribution in [1.82, 2.24) is 0 Å². The minimum absolute atomic E-state index is 0.267. The summed E-state index contributed by atoms with van der Waals surface area (Å²) < 4.78 is 6.21. The summed E-state index contributed by atoms with van der Waals surface area (Å²) in [5.74, 6) is 3.03. The molecular weight excluding hydrogens is 294 g/mol. The maximum absolute atomic E-state index is 8.30. The summed E-state index contributed by atoms with van der Waals surface area (Å²) in [7, 11) is 0. The lowest BCUT2D eigenvalue weighted by Gasteiger charge is -2.54. The van der Waals surface area contributed by atoms with E-state index in [2.05, 4.69) is 34.3 Å². The molecule has 0 aromatic rings. The fraction of sp³-hybridized carbons (Fsp3) is 0.864. The van der Waals surface area contributed by atoms with E-state index >= 15 is 0 Å². The van der Waals surface area contributed by atoms with Crippen molar-refractivity contribution in [1.29, 1.82) is 5.41 Å². The zero-order chi connectivity index (χ0) is 17.3. The summed E-state index contributed by atoms with van der Waals surface area (Å²) in [6.45, 7) is 14.1. The van der Waals surface area contributed by atoms with Crippen LogP contribution in [0.1, 0.15) is 66.2 Å². The maximum Gasteiger partial charge on any atom is 0.0585 e. The second-order valence-electron chi connectivity index (χ2n) is 9.93. The molecule has 3 aliphatic carbocycles. The lowest BCUT2D eigenvalue weighted by molar-refractivity contribution is -0.0311. The van der Waals surface area contributed by atoms with Crippen LogP contribution in [0.15, 0.2) is 12.2 Å². The Morgan fingerprint density at radius 2 is 1.83 bits per heavy atom. The van der Waals surface area contributed by atoms with Crippen molar-refractivity contribution in [3.63, 3.8) is 0 Å². The molecule has 0 amide bonds.